The quantitative estimate of drug-likeness (QED) is 0.825. The Labute approximate surface area is 107 Å². The Morgan fingerprint density at radius 2 is 2.29 bits per heavy atom. The minimum atomic E-state index is 0.371. The fourth-order valence-corrected chi connectivity index (χ4v) is 2.60. The highest BCUT2D eigenvalue weighted by atomic mass is 35.5. The molecule has 4 nitrogen and oxygen atoms in total. The maximum absolute atomic E-state index is 6.28. The molecule has 1 saturated heterocycles. The van der Waals surface area contributed by atoms with E-state index in [0.717, 1.165) is 43.3 Å². The van der Waals surface area contributed by atoms with Crippen LogP contribution in [0, 0.1) is 0 Å². The lowest BCUT2D eigenvalue weighted by Gasteiger charge is -2.15. The van der Waals surface area contributed by atoms with Crippen LogP contribution >= 0.6 is 11.6 Å². The first kappa shape index (κ1) is 12.9. The van der Waals surface area contributed by atoms with Gasteiger partial charge in [0, 0.05) is 39.4 Å². The fraction of sp³-hybridized carbons (Fsp3) is 0.750. The van der Waals surface area contributed by atoms with Crippen LogP contribution in [-0.2, 0) is 24.8 Å². The van der Waals surface area contributed by atoms with E-state index < -0.39 is 0 Å². The molecule has 0 saturated carbocycles. The van der Waals surface area contributed by atoms with E-state index in [2.05, 4.69) is 16.9 Å². The average molecular weight is 258 g/mol. The first-order valence-corrected chi connectivity index (χ1v) is 6.48. The van der Waals surface area contributed by atoms with Crippen LogP contribution in [-0.4, -0.2) is 41.0 Å². The predicted octanol–water partition coefficient (Wildman–Crippen LogP) is 1.86. The van der Waals surface area contributed by atoms with Gasteiger partial charge in [0.25, 0.3) is 0 Å². The van der Waals surface area contributed by atoms with Gasteiger partial charge in [-0.15, -0.1) is 0 Å². The zero-order chi connectivity index (χ0) is 12.4. The highest BCUT2D eigenvalue weighted by Gasteiger charge is 2.24. The summed E-state index contributed by atoms with van der Waals surface area (Å²) < 4.78 is 7.14. The third kappa shape index (κ3) is 2.64. The van der Waals surface area contributed by atoms with Crippen molar-refractivity contribution in [3.8, 4) is 0 Å². The van der Waals surface area contributed by atoms with Gasteiger partial charge in [-0.05, 0) is 12.8 Å². The monoisotopic (exact) mass is 257 g/mol. The van der Waals surface area contributed by atoms with Crippen LogP contribution in [0.3, 0.4) is 0 Å². The molecule has 1 fully saturated rings. The summed E-state index contributed by atoms with van der Waals surface area (Å²) in [5.41, 5.74) is 2.28. The molecule has 0 aromatic carbocycles. The molecule has 0 radical (unpaired) electrons. The van der Waals surface area contributed by atoms with Crippen molar-refractivity contribution in [1.82, 2.24) is 14.7 Å². The van der Waals surface area contributed by atoms with Crippen molar-refractivity contribution < 1.29 is 4.74 Å². The van der Waals surface area contributed by atoms with Gasteiger partial charge in [-0.1, -0.05) is 18.5 Å². The lowest BCUT2D eigenvalue weighted by atomic mass is 10.2. The summed E-state index contributed by atoms with van der Waals surface area (Å²) in [6.45, 7) is 5.07. The fourth-order valence-electron chi connectivity index (χ4n) is 2.40. The highest BCUT2D eigenvalue weighted by Crippen LogP contribution is 2.24. The van der Waals surface area contributed by atoms with E-state index in [4.69, 9.17) is 16.3 Å². The summed E-state index contributed by atoms with van der Waals surface area (Å²) in [6.07, 6.45) is 2.41. The Hall–Kier alpha value is -0.580. The summed E-state index contributed by atoms with van der Waals surface area (Å²) >= 11 is 6.28. The second-order valence-corrected chi connectivity index (χ2v) is 4.93. The predicted molar refractivity (Wildman–Crippen MR) is 68.3 cm³/mol. The van der Waals surface area contributed by atoms with Gasteiger partial charge in [-0.2, -0.15) is 5.10 Å². The Balaban J connectivity index is 2.08. The van der Waals surface area contributed by atoms with Crippen molar-refractivity contribution in [2.75, 3.05) is 20.2 Å². The van der Waals surface area contributed by atoms with Gasteiger partial charge >= 0.3 is 0 Å². The van der Waals surface area contributed by atoms with Crippen LogP contribution in [0.5, 0.6) is 0 Å². The third-order valence-corrected chi connectivity index (χ3v) is 3.90. The minimum absolute atomic E-state index is 0.371. The summed E-state index contributed by atoms with van der Waals surface area (Å²) in [7, 11) is 3.68. The molecule has 1 aromatic rings. The number of aryl methyl sites for hydroxylation is 2. The molecule has 17 heavy (non-hydrogen) atoms. The zero-order valence-corrected chi connectivity index (χ0v) is 11.5. The lowest BCUT2D eigenvalue weighted by Crippen LogP contribution is -2.22. The minimum Gasteiger partial charge on any atom is -0.380 e. The molecule has 0 amide bonds. The summed E-state index contributed by atoms with van der Waals surface area (Å²) in [4.78, 5) is 2.39. The van der Waals surface area contributed by atoms with Crippen LogP contribution in [0.1, 0.15) is 24.6 Å². The standard InChI is InChI=1S/C12H20ClN3O/c1-4-11-10(12(13)15(2)14-11)8-16-6-5-9(7-16)17-3/h9H,4-8H2,1-3H3/t9-/m1/s1. The molecule has 1 atom stereocenters. The lowest BCUT2D eigenvalue weighted by molar-refractivity contribution is 0.107. The molecular weight excluding hydrogens is 238 g/mol. The summed E-state index contributed by atoms with van der Waals surface area (Å²) in [5.74, 6) is 0. The van der Waals surface area contributed by atoms with Gasteiger partial charge in [0.2, 0.25) is 0 Å². The number of aromatic nitrogens is 2. The Kier molecular flexibility index (Phi) is 4.07. The SMILES string of the molecule is CCc1nn(C)c(Cl)c1CN1CC[C@@H](OC)C1. The van der Waals surface area contributed by atoms with Crippen molar-refractivity contribution in [3.05, 3.63) is 16.4 Å². The number of halogens is 1. The number of hydrogen-bond donors (Lipinski definition) is 0. The van der Waals surface area contributed by atoms with Crippen LogP contribution in [0.25, 0.3) is 0 Å². The van der Waals surface area contributed by atoms with E-state index >= 15 is 0 Å². The molecule has 2 rings (SSSR count). The second-order valence-electron chi connectivity index (χ2n) is 4.57. The molecule has 0 aliphatic carbocycles. The topological polar surface area (TPSA) is 30.3 Å². The number of hydrogen-bond acceptors (Lipinski definition) is 3. The van der Waals surface area contributed by atoms with Gasteiger partial charge in [0.1, 0.15) is 5.15 Å². The Bertz CT molecular complexity index is 391. The number of likely N-dealkylation sites (tertiary alicyclic amines) is 1. The average Bonchev–Trinajstić information content (AvgIpc) is 2.89. The summed E-state index contributed by atoms with van der Waals surface area (Å²) in [5, 5.41) is 5.20. The van der Waals surface area contributed by atoms with Crippen LogP contribution in [0.15, 0.2) is 0 Å². The maximum Gasteiger partial charge on any atom is 0.131 e. The van der Waals surface area contributed by atoms with Gasteiger partial charge in [-0.25, -0.2) is 0 Å². The largest absolute Gasteiger partial charge is 0.380 e. The van der Waals surface area contributed by atoms with Gasteiger partial charge in [0.15, 0.2) is 0 Å². The van der Waals surface area contributed by atoms with Gasteiger partial charge in [0.05, 0.1) is 11.8 Å². The molecule has 1 aliphatic heterocycles. The molecule has 1 aliphatic rings. The molecule has 96 valence electrons. The molecular formula is C12H20ClN3O. The summed E-state index contributed by atoms with van der Waals surface area (Å²) in [6, 6.07) is 0. The molecule has 1 aromatic heterocycles. The van der Waals surface area contributed by atoms with Crippen molar-refractivity contribution >= 4 is 11.6 Å². The third-order valence-electron chi connectivity index (χ3n) is 3.43. The number of nitrogens with zero attached hydrogens (tertiary/aromatic N) is 3. The molecule has 0 N–H and O–H groups in total. The first-order valence-electron chi connectivity index (χ1n) is 6.11. The van der Waals surface area contributed by atoms with Gasteiger partial charge in [-0.3, -0.25) is 9.58 Å². The Morgan fingerprint density at radius 3 is 2.88 bits per heavy atom. The van der Waals surface area contributed by atoms with E-state index in [1.807, 2.05) is 7.05 Å². The van der Waals surface area contributed by atoms with E-state index in [-0.39, 0.29) is 0 Å². The van der Waals surface area contributed by atoms with Crippen molar-refractivity contribution in [3.63, 3.8) is 0 Å². The normalized spacial score (nSPS) is 21.3. The van der Waals surface area contributed by atoms with Crippen LogP contribution < -0.4 is 0 Å². The van der Waals surface area contributed by atoms with E-state index in [1.165, 1.54) is 5.56 Å². The Morgan fingerprint density at radius 1 is 1.53 bits per heavy atom. The molecule has 0 unspecified atom stereocenters. The second kappa shape index (κ2) is 5.38. The van der Waals surface area contributed by atoms with E-state index in [9.17, 15) is 0 Å². The smallest absolute Gasteiger partial charge is 0.131 e. The number of rotatable bonds is 4. The molecule has 2 heterocycles. The van der Waals surface area contributed by atoms with Crippen molar-refractivity contribution in [2.24, 2.45) is 7.05 Å². The molecule has 5 heteroatoms. The van der Waals surface area contributed by atoms with E-state index in [1.54, 1.807) is 11.8 Å². The maximum atomic E-state index is 6.28. The van der Waals surface area contributed by atoms with Gasteiger partial charge < -0.3 is 4.74 Å². The highest BCUT2D eigenvalue weighted by molar-refractivity contribution is 6.30. The molecule has 0 spiro atoms. The van der Waals surface area contributed by atoms with Crippen LogP contribution in [0.2, 0.25) is 5.15 Å². The number of ether oxygens (including phenoxy) is 1. The zero-order valence-electron chi connectivity index (χ0n) is 10.7. The molecule has 0 bridgehead atoms. The van der Waals surface area contributed by atoms with E-state index in [0.29, 0.717) is 6.10 Å². The first-order chi connectivity index (χ1) is 8.15. The van der Waals surface area contributed by atoms with Crippen molar-refractivity contribution in [1.29, 1.82) is 0 Å². The van der Waals surface area contributed by atoms with Crippen molar-refractivity contribution in [2.45, 2.75) is 32.4 Å². The van der Waals surface area contributed by atoms with Crippen LogP contribution in [0.4, 0.5) is 0 Å². The number of methoxy groups -OCH3 is 1.